The summed E-state index contributed by atoms with van der Waals surface area (Å²) in [5, 5.41) is 3.42. The first kappa shape index (κ1) is 27.5. The van der Waals surface area contributed by atoms with E-state index in [1.165, 1.54) is 4.90 Å². The number of hydrogen-bond acceptors (Lipinski definition) is 5. The zero-order chi connectivity index (χ0) is 28.1. The molecule has 5 rings (SSSR count). The van der Waals surface area contributed by atoms with E-state index in [4.69, 9.17) is 9.47 Å². The van der Waals surface area contributed by atoms with E-state index in [9.17, 15) is 9.59 Å². The van der Waals surface area contributed by atoms with Crippen LogP contribution >= 0.6 is 0 Å². The van der Waals surface area contributed by atoms with E-state index in [0.29, 0.717) is 24.6 Å². The molecule has 1 aliphatic carbocycles. The van der Waals surface area contributed by atoms with Crippen molar-refractivity contribution in [2.75, 3.05) is 40.9 Å². The van der Waals surface area contributed by atoms with Crippen LogP contribution < -0.4 is 14.8 Å². The van der Waals surface area contributed by atoms with Gasteiger partial charge in [-0.15, -0.1) is 0 Å². The smallest absolute Gasteiger partial charge is 0.259 e. The molecule has 2 amide bonds. The van der Waals surface area contributed by atoms with Gasteiger partial charge in [-0.2, -0.15) is 0 Å². The fourth-order valence-electron chi connectivity index (χ4n) is 5.04. The fourth-order valence-corrected chi connectivity index (χ4v) is 5.04. The van der Waals surface area contributed by atoms with Gasteiger partial charge in [0.1, 0.15) is 11.5 Å². The molecule has 7 heteroatoms. The second-order valence-electron chi connectivity index (χ2n) is 10.6. The van der Waals surface area contributed by atoms with Gasteiger partial charge in [0.05, 0.1) is 7.11 Å². The zero-order valence-corrected chi connectivity index (χ0v) is 23.5. The van der Waals surface area contributed by atoms with Crippen LogP contribution in [0.1, 0.15) is 30.4 Å². The zero-order valence-electron chi connectivity index (χ0n) is 23.5. The van der Waals surface area contributed by atoms with E-state index < -0.39 is 0 Å². The van der Waals surface area contributed by atoms with Crippen LogP contribution in [-0.4, -0.2) is 68.6 Å². The Kier molecular flexibility index (Phi) is 8.51. The van der Waals surface area contributed by atoms with Gasteiger partial charge in [0.25, 0.3) is 11.8 Å². The van der Waals surface area contributed by atoms with Crippen LogP contribution in [-0.2, 0) is 16.1 Å². The first-order valence-corrected chi connectivity index (χ1v) is 13.8. The Morgan fingerprint density at radius 1 is 0.900 bits per heavy atom. The molecule has 0 spiro atoms. The minimum absolute atomic E-state index is 0.0607. The summed E-state index contributed by atoms with van der Waals surface area (Å²) in [6.45, 7) is 1.77. The average molecular weight is 540 g/mol. The molecular weight excluding hydrogens is 502 g/mol. The van der Waals surface area contributed by atoms with Gasteiger partial charge >= 0.3 is 0 Å². The van der Waals surface area contributed by atoms with Gasteiger partial charge in [0.2, 0.25) is 0 Å². The molecule has 3 aromatic rings. The number of carbonyl (C=O) groups excluding carboxylic acids is 2. The van der Waals surface area contributed by atoms with E-state index in [1.54, 1.807) is 27.3 Å². The first-order valence-electron chi connectivity index (χ1n) is 13.8. The quantitative estimate of drug-likeness (QED) is 0.402. The van der Waals surface area contributed by atoms with Crippen LogP contribution in [0.25, 0.3) is 16.7 Å². The van der Waals surface area contributed by atoms with Crippen molar-refractivity contribution in [2.24, 2.45) is 0 Å². The molecule has 0 bridgehead atoms. The third-order valence-corrected chi connectivity index (χ3v) is 7.43. The molecule has 0 unspecified atom stereocenters. The van der Waals surface area contributed by atoms with E-state index in [1.807, 2.05) is 35.2 Å². The largest absolute Gasteiger partial charge is 0.497 e. The Hall–Kier alpha value is -4.10. The van der Waals surface area contributed by atoms with Crippen molar-refractivity contribution in [1.82, 2.24) is 15.1 Å². The highest BCUT2D eigenvalue weighted by molar-refractivity contribution is 6.02. The van der Waals surface area contributed by atoms with E-state index in [0.717, 1.165) is 59.2 Å². The summed E-state index contributed by atoms with van der Waals surface area (Å²) >= 11 is 0. The van der Waals surface area contributed by atoms with Gasteiger partial charge in [-0.3, -0.25) is 9.59 Å². The van der Waals surface area contributed by atoms with Gasteiger partial charge in [0.15, 0.2) is 6.61 Å². The van der Waals surface area contributed by atoms with E-state index in [2.05, 4.69) is 41.7 Å². The topological polar surface area (TPSA) is 71.1 Å². The first-order chi connectivity index (χ1) is 19.4. The molecule has 1 N–H and O–H groups in total. The summed E-state index contributed by atoms with van der Waals surface area (Å²) in [5.74, 6) is 1.12. The highest BCUT2D eigenvalue weighted by Crippen LogP contribution is 2.35. The second-order valence-corrected chi connectivity index (χ2v) is 10.6. The van der Waals surface area contributed by atoms with Gasteiger partial charge in [-0.1, -0.05) is 48.5 Å². The SMILES string of the molecule is COc1cc(CN(C(=O)C2=C(c3cccc(-c4ccccc4)c3)CCNC2)C2CC2)cc(OCC(=O)N(C)C)c1. The molecule has 0 atom stereocenters. The Labute approximate surface area is 236 Å². The van der Waals surface area contributed by atoms with Gasteiger partial charge in [-0.05, 0) is 71.8 Å². The number of benzene rings is 3. The predicted molar refractivity (Wildman–Crippen MR) is 157 cm³/mol. The average Bonchev–Trinajstić information content (AvgIpc) is 3.84. The lowest BCUT2D eigenvalue weighted by atomic mass is 9.91. The van der Waals surface area contributed by atoms with Crippen molar-refractivity contribution in [1.29, 1.82) is 0 Å². The minimum atomic E-state index is -0.125. The van der Waals surface area contributed by atoms with Crippen molar-refractivity contribution < 1.29 is 19.1 Å². The van der Waals surface area contributed by atoms with E-state index >= 15 is 0 Å². The Bertz CT molecular complexity index is 1400. The normalized spacial score (nSPS) is 15.0. The molecule has 208 valence electrons. The lowest BCUT2D eigenvalue weighted by Gasteiger charge is -2.28. The van der Waals surface area contributed by atoms with Crippen molar-refractivity contribution in [3.05, 3.63) is 89.5 Å². The lowest BCUT2D eigenvalue weighted by Crippen LogP contribution is -2.39. The monoisotopic (exact) mass is 539 g/mol. The molecule has 7 nitrogen and oxygen atoms in total. The number of rotatable bonds is 10. The maximum atomic E-state index is 14.2. The highest BCUT2D eigenvalue weighted by atomic mass is 16.5. The van der Waals surface area contributed by atoms with E-state index in [-0.39, 0.29) is 24.5 Å². The number of hydrogen-bond donors (Lipinski definition) is 1. The van der Waals surface area contributed by atoms with Crippen molar-refractivity contribution in [3.63, 3.8) is 0 Å². The molecule has 3 aromatic carbocycles. The molecule has 0 radical (unpaired) electrons. The molecule has 1 fully saturated rings. The third kappa shape index (κ3) is 6.54. The van der Waals surface area contributed by atoms with Gasteiger partial charge in [-0.25, -0.2) is 0 Å². The molecule has 0 saturated heterocycles. The predicted octanol–water partition coefficient (Wildman–Crippen LogP) is 4.77. The van der Waals surface area contributed by atoms with Crippen molar-refractivity contribution in [2.45, 2.75) is 31.8 Å². The summed E-state index contributed by atoms with van der Waals surface area (Å²) in [4.78, 5) is 29.7. The summed E-state index contributed by atoms with van der Waals surface area (Å²) in [6, 6.07) is 24.6. The van der Waals surface area contributed by atoms with Crippen LogP contribution in [0.15, 0.2) is 78.4 Å². The number of ether oxygens (including phenoxy) is 2. The van der Waals surface area contributed by atoms with Gasteiger partial charge in [0, 0.05) is 44.9 Å². The van der Waals surface area contributed by atoms with Crippen LogP contribution in [0.2, 0.25) is 0 Å². The Morgan fingerprint density at radius 3 is 2.35 bits per heavy atom. The summed E-state index contributed by atoms with van der Waals surface area (Å²) in [7, 11) is 5.00. The second kappa shape index (κ2) is 12.4. The molecule has 1 aliphatic heterocycles. The number of carbonyl (C=O) groups is 2. The van der Waals surface area contributed by atoms with Crippen LogP contribution in [0.4, 0.5) is 0 Å². The molecular formula is C33H37N3O4. The Morgan fingerprint density at radius 2 is 1.62 bits per heavy atom. The van der Waals surface area contributed by atoms with Crippen molar-refractivity contribution in [3.8, 4) is 22.6 Å². The standard InChI is InChI=1S/C33H37N3O4/c1-35(2)32(37)22-40-29-17-23(16-28(19-29)39-3)21-36(27-12-13-27)33(38)31-20-34-15-14-30(31)26-11-7-10-25(18-26)24-8-5-4-6-9-24/h4-11,16-19,27,34H,12-15,20-22H2,1-3H3. The Balaban J connectivity index is 1.42. The van der Waals surface area contributed by atoms with Crippen LogP contribution in [0.3, 0.4) is 0 Å². The van der Waals surface area contributed by atoms with Crippen LogP contribution in [0.5, 0.6) is 11.5 Å². The number of amides is 2. The molecule has 2 aliphatic rings. The maximum absolute atomic E-state index is 14.2. The molecule has 1 saturated carbocycles. The minimum Gasteiger partial charge on any atom is -0.497 e. The summed E-state index contributed by atoms with van der Waals surface area (Å²) < 4.78 is 11.3. The molecule has 40 heavy (non-hydrogen) atoms. The summed E-state index contributed by atoms with van der Waals surface area (Å²) in [6.07, 6.45) is 2.79. The maximum Gasteiger partial charge on any atom is 0.259 e. The highest BCUT2D eigenvalue weighted by Gasteiger charge is 2.35. The number of likely N-dealkylation sites (N-methyl/N-ethyl adjacent to an activating group) is 1. The molecule has 0 aromatic heterocycles. The fraction of sp³-hybridized carbons (Fsp3) is 0.333. The third-order valence-electron chi connectivity index (χ3n) is 7.43. The number of nitrogens with one attached hydrogen (secondary N) is 1. The lowest BCUT2D eigenvalue weighted by molar-refractivity contribution is -0.130. The number of nitrogens with zero attached hydrogens (tertiary/aromatic N) is 2. The van der Waals surface area contributed by atoms with Crippen molar-refractivity contribution >= 4 is 17.4 Å². The van der Waals surface area contributed by atoms with Gasteiger partial charge < -0.3 is 24.6 Å². The molecule has 1 heterocycles. The van der Waals surface area contributed by atoms with Crippen LogP contribution in [0, 0.1) is 0 Å². The summed E-state index contributed by atoms with van der Waals surface area (Å²) in [5.41, 5.74) is 6.26. The number of methoxy groups -OCH3 is 1.